The maximum atomic E-state index is 12.7. The number of esters is 1. The van der Waals surface area contributed by atoms with Crippen LogP contribution in [0.5, 0.6) is 0 Å². The van der Waals surface area contributed by atoms with Crippen LogP contribution in [0, 0.1) is 13.8 Å². The summed E-state index contributed by atoms with van der Waals surface area (Å²) < 4.78 is 30.8. The van der Waals surface area contributed by atoms with Crippen LogP contribution in [0.3, 0.4) is 0 Å². The second kappa shape index (κ2) is 9.11. The molecule has 6 nitrogen and oxygen atoms in total. The summed E-state index contributed by atoms with van der Waals surface area (Å²) in [5.74, 6) is -0.353. The van der Waals surface area contributed by atoms with Gasteiger partial charge in [0.05, 0.1) is 17.3 Å². The number of carbonyl (C=O) groups is 2. The summed E-state index contributed by atoms with van der Waals surface area (Å²) in [7, 11) is -3.03. The highest BCUT2D eigenvalue weighted by Crippen LogP contribution is 2.29. The lowest BCUT2D eigenvalue weighted by molar-refractivity contribution is -0.139. The van der Waals surface area contributed by atoms with Crippen molar-refractivity contribution in [3.8, 4) is 0 Å². The summed E-state index contributed by atoms with van der Waals surface area (Å²) in [6.07, 6.45) is 0.549. The average molecular weight is 472 g/mol. The van der Waals surface area contributed by atoms with Crippen LogP contribution >= 0.6 is 11.8 Å². The zero-order valence-electron chi connectivity index (χ0n) is 18.0. The number of carbonyl (C=O) groups excluding carboxylic acids is 2. The fourth-order valence-electron chi connectivity index (χ4n) is 4.27. The Kier molecular flexibility index (Phi) is 6.44. The van der Waals surface area contributed by atoms with E-state index in [0.29, 0.717) is 12.0 Å². The fourth-order valence-corrected chi connectivity index (χ4v) is 6.71. The number of ketones is 1. The molecule has 2 heterocycles. The molecule has 0 bridgehead atoms. The second-order valence-electron chi connectivity index (χ2n) is 8.09. The SMILES string of the molecule is Cc1cc(C(=O)COC(=O)CSc2ccc3ccccc3c2)c(C)n1C1CCS(=O)(=O)C1. The first kappa shape index (κ1) is 22.6. The molecule has 168 valence electrons. The molecule has 1 aromatic heterocycles. The molecule has 0 amide bonds. The molecule has 4 rings (SSSR count). The van der Waals surface area contributed by atoms with Crippen molar-refractivity contribution in [2.24, 2.45) is 0 Å². The van der Waals surface area contributed by atoms with Gasteiger partial charge in [-0.1, -0.05) is 30.3 Å². The smallest absolute Gasteiger partial charge is 0.316 e. The maximum Gasteiger partial charge on any atom is 0.316 e. The van der Waals surface area contributed by atoms with Crippen molar-refractivity contribution in [2.75, 3.05) is 23.9 Å². The minimum Gasteiger partial charge on any atom is -0.457 e. The molecule has 32 heavy (non-hydrogen) atoms. The number of aryl methyl sites for hydroxylation is 1. The number of nitrogens with zero attached hydrogens (tertiary/aromatic N) is 1. The van der Waals surface area contributed by atoms with E-state index < -0.39 is 15.8 Å². The van der Waals surface area contributed by atoms with E-state index in [0.717, 1.165) is 27.1 Å². The zero-order chi connectivity index (χ0) is 22.9. The first-order valence-corrected chi connectivity index (χ1v) is 13.2. The number of fused-ring (bicyclic) bond motifs is 1. The van der Waals surface area contributed by atoms with Gasteiger partial charge in [-0.3, -0.25) is 9.59 Å². The van der Waals surface area contributed by atoms with Gasteiger partial charge in [0.1, 0.15) is 0 Å². The van der Waals surface area contributed by atoms with Crippen molar-refractivity contribution in [1.82, 2.24) is 4.57 Å². The van der Waals surface area contributed by atoms with Crippen molar-refractivity contribution in [2.45, 2.75) is 31.2 Å². The Balaban J connectivity index is 1.34. The van der Waals surface area contributed by atoms with E-state index in [4.69, 9.17) is 4.74 Å². The first-order chi connectivity index (χ1) is 15.2. The Morgan fingerprint density at radius 1 is 1.09 bits per heavy atom. The highest BCUT2D eigenvalue weighted by molar-refractivity contribution is 8.00. The molecule has 8 heteroatoms. The third kappa shape index (κ3) is 4.91. The Hall–Kier alpha value is -2.58. The molecule has 2 aromatic carbocycles. The number of thioether (sulfide) groups is 1. The largest absolute Gasteiger partial charge is 0.457 e. The van der Waals surface area contributed by atoms with Crippen LogP contribution in [-0.4, -0.2) is 48.6 Å². The van der Waals surface area contributed by atoms with Crippen LogP contribution in [0.15, 0.2) is 53.4 Å². The lowest BCUT2D eigenvalue weighted by atomic mass is 10.1. The van der Waals surface area contributed by atoms with Crippen LogP contribution in [0.25, 0.3) is 10.8 Å². The van der Waals surface area contributed by atoms with E-state index in [2.05, 4.69) is 0 Å². The summed E-state index contributed by atoms with van der Waals surface area (Å²) >= 11 is 1.37. The predicted octanol–water partition coefficient (Wildman–Crippen LogP) is 4.14. The molecular weight excluding hydrogens is 446 g/mol. The summed E-state index contributed by atoms with van der Waals surface area (Å²) in [6, 6.07) is 15.6. The topological polar surface area (TPSA) is 82.4 Å². The number of ether oxygens (including phenoxy) is 1. The zero-order valence-corrected chi connectivity index (χ0v) is 19.7. The minimum absolute atomic E-state index is 0.0952. The highest BCUT2D eigenvalue weighted by Gasteiger charge is 2.31. The molecule has 1 aliphatic heterocycles. The molecule has 0 N–H and O–H groups in total. The van der Waals surface area contributed by atoms with E-state index in [1.807, 2.05) is 60.9 Å². The molecule has 0 spiro atoms. The first-order valence-electron chi connectivity index (χ1n) is 10.4. The number of hydrogen-bond donors (Lipinski definition) is 0. The Labute approximate surface area is 191 Å². The molecule has 1 aliphatic rings. The summed E-state index contributed by atoms with van der Waals surface area (Å²) in [6.45, 7) is 3.34. The van der Waals surface area contributed by atoms with Crippen molar-refractivity contribution in [1.29, 1.82) is 0 Å². The van der Waals surface area contributed by atoms with Gasteiger partial charge in [-0.2, -0.15) is 0 Å². The van der Waals surface area contributed by atoms with Crippen LogP contribution in [0.2, 0.25) is 0 Å². The molecule has 1 atom stereocenters. The van der Waals surface area contributed by atoms with Gasteiger partial charge in [-0.05, 0) is 49.2 Å². The molecule has 0 radical (unpaired) electrons. The lowest BCUT2D eigenvalue weighted by Crippen LogP contribution is -2.17. The van der Waals surface area contributed by atoms with Crippen LogP contribution in [-0.2, 0) is 19.4 Å². The molecule has 1 fully saturated rings. The number of aromatic nitrogens is 1. The van der Waals surface area contributed by atoms with Crippen LogP contribution < -0.4 is 0 Å². The molecule has 0 saturated carbocycles. The normalized spacial score (nSPS) is 17.5. The highest BCUT2D eigenvalue weighted by atomic mass is 32.2. The number of sulfone groups is 1. The van der Waals surface area contributed by atoms with Gasteiger partial charge >= 0.3 is 5.97 Å². The van der Waals surface area contributed by atoms with Gasteiger partial charge in [0, 0.05) is 27.9 Å². The van der Waals surface area contributed by atoms with E-state index in [9.17, 15) is 18.0 Å². The molecule has 0 aliphatic carbocycles. The van der Waals surface area contributed by atoms with Crippen molar-refractivity contribution in [3.63, 3.8) is 0 Å². The number of hydrogen-bond acceptors (Lipinski definition) is 6. The van der Waals surface area contributed by atoms with Gasteiger partial charge in [0.2, 0.25) is 5.78 Å². The standard InChI is InChI=1S/C24H25NO5S2/c1-16-11-22(17(2)25(16)20-9-10-32(28,29)15-20)23(26)13-30-24(27)14-31-21-8-7-18-5-3-4-6-19(18)12-21/h3-8,11-12,20H,9-10,13-15H2,1-2H3. The molecule has 1 unspecified atom stereocenters. The maximum absolute atomic E-state index is 12.7. The van der Waals surface area contributed by atoms with Gasteiger partial charge < -0.3 is 9.30 Å². The lowest BCUT2D eigenvalue weighted by Gasteiger charge is -2.16. The fraction of sp³-hybridized carbons (Fsp3) is 0.333. The van der Waals surface area contributed by atoms with Gasteiger partial charge in [-0.15, -0.1) is 11.8 Å². The van der Waals surface area contributed by atoms with Gasteiger partial charge in [0.15, 0.2) is 16.4 Å². The summed E-state index contributed by atoms with van der Waals surface area (Å²) in [5, 5.41) is 2.24. The second-order valence-corrected chi connectivity index (χ2v) is 11.4. The Morgan fingerprint density at radius 2 is 1.84 bits per heavy atom. The minimum atomic E-state index is -3.03. The average Bonchev–Trinajstić information content (AvgIpc) is 3.27. The van der Waals surface area contributed by atoms with Gasteiger partial charge in [-0.25, -0.2) is 8.42 Å². The van der Waals surface area contributed by atoms with E-state index in [-0.39, 0.29) is 35.7 Å². The molecular formula is C24H25NO5S2. The Morgan fingerprint density at radius 3 is 2.56 bits per heavy atom. The third-order valence-corrected chi connectivity index (χ3v) is 8.52. The summed E-state index contributed by atoms with van der Waals surface area (Å²) in [5.41, 5.74) is 2.03. The van der Waals surface area contributed by atoms with E-state index in [1.165, 1.54) is 11.8 Å². The quantitative estimate of drug-likeness (QED) is 0.293. The van der Waals surface area contributed by atoms with Crippen molar-refractivity contribution < 1.29 is 22.7 Å². The van der Waals surface area contributed by atoms with Crippen LogP contribution in [0.1, 0.15) is 34.2 Å². The van der Waals surface area contributed by atoms with Gasteiger partial charge in [0.25, 0.3) is 0 Å². The predicted molar refractivity (Wildman–Crippen MR) is 126 cm³/mol. The van der Waals surface area contributed by atoms with E-state index >= 15 is 0 Å². The molecule has 1 saturated heterocycles. The number of benzene rings is 2. The molecule has 3 aromatic rings. The monoisotopic (exact) mass is 471 g/mol. The van der Waals surface area contributed by atoms with Crippen molar-refractivity contribution in [3.05, 3.63) is 65.5 Å². The van der Waals surface area contributed by atoms with Crippen LogP contribution in [0.4, 0.5) is 0 Å². The summed E-state index contributed by atoms with van der Waals surface area (Å²) in [4.78, 5) is 25.8. The Bertz CT molecular complexity index is 1290. The third-order valence-electron chi connectivity index (χ3n) is 5.80. The number of rotatable bonds is 7. The van der Waals surface area contributed by atoms with E-state index in [1.54, 1.807) is 6.07 Å². The number of Topliss-reactive ketones (excluding diaryl/α,β-unsaturated/α-hetero) is 1. The van der Waals surface area contributed by atoms with Crippen molar-refractivity contribution >= 4 is 44.1 Å².